The van der Waals surface area contributed by atoms with Crippen LogP contribution < -0.4 is 0 Å². The molecular formula is C8H10O8S. The molecule has 4 N–H and O–H groups in total. The zero-order valence-corrected chi connectivity index (χ0v) is 9.22. The number of rotatable bonds is 8. The second-order valence-corrected chi connectivity index (χ2v) is 4.40. The molecule has 0 aromatic carbocycles. The van der Waals surface area contributed by atoms with Crippen molar-refractivity contribution in [2.45, 2.75) is 23.3 Å². The predicted molar refractivity (Wildman–Crippen MR) is 54.9 cm³/mol. The molecule has 0 rings (SSSR count). The van der Waals surface area contributed by atoms with Crippen LogP contribution in [0.5, 0.6) is 0 Å². The first kappa shape index (κ1) is 15.2. The molecule has 8 nitrogen and oxygen atoms in total. The molecule has 0 bridgehead atoms. The molecule has 0 spiro atoms. The second-order valence-electron chi connectivity index (χ2n) is 2.99. The molecular weight excluding hydrogens is 256 g/mol. The van der Waals surface area contributed by atoms with Gasteiger partial charge in [-0.1, -0.05) is 0 Å². The first-order chi connectivity index (χ1) is 7.73. The van der Waals surface area contributed by atoms with E-state index in [1.165, 1.54) is 0 Å². The van der Waals surface area contributed by atoms with Crippen LogP contribution in [0.4, 0.5) is 0 Å². The monoisotopic (exact) mass is 266 g/mol. The van der Waals surface area contributed by atoms with Crippen molar-refractivity contribution in [3.05, 3.63) is 0 Å². The first-order valence-corrected chi connectivity index (χ1v) is 5.23. The Kier molecular flexibility index (Phi) is 6.03. The largest absolute Gasteiger partial charge is 0.481 e. The third kappa shape index (κ3) is 6.40. The van der Waals surface area contributed by atoms with Gasteiger partial charge in [0.15, 0.2) is 0 Å². The molecule has 17 heavy (non-hydrogen) atoms. The molecule has 2 atom stereocenters. The zero-order chi connectivity index (χ0) is 13.6. The maximum Gasteiger partial charge on any atom is 0.317 e. The van der Waals surface area contributed by atoms with Crippen molar-refractivity contribution in [2.75, 3.05) is 0 Å². The lowest BCUT2D eigenvalue weighted by Crippen LogP contribution is -2.28. The van der Waals surface area contributed by atoms with Gasteiger partial charge in [0.25, 0.3) is 0 Å². The van der Waals surface area contributed by atoms with Crippen molar-refractivity contribution >= 4 is 35.6 Å². The van der Waals surface area contributed by atoms with Gasteiger partial charge in [-0.15, -0.1) is 11.8 Å². The molecule has 0 saturated heterocycles. The summed E-state index contributed by atoms with van der Waals surface area (Å²) < 4.78 is 0. The van der Waals surface area contributed by atoms with E-state index in [1.54, 1.807) is 0 Å². The molecule has 0 saturated carbocycles. The Morgan fingerprint density at radius 2 is 1.06 bits per heavy atom. The molecule has 96 valence electrons. The van der Waals surface area contributed by atoms with Crippen molar-refractivity contribution < 1.29 is 39.6 Å². The maximum atomic E-state index is 10.7. The van der Waals surface area contributed by atoms with Gasteiger partial charge in [-0.25, -0.2) is 0 Å². The van der Waals surface area contributed by atoms with Crippen LogP contribution in [-0.2, 0) is 19.2 Å². The summed E-state index contributed by atoms with van der Waals surface area (Å²) in [4.78, 5) is 42.0. The van der Waals surface area contributed by atoms with Crippen LogP contribution in [-0.4, -0.2) is 54.8 Å². The summed E-state index contributed by atoms with van der Waals surface area (Å²) >= 11 is 0.302. The van der Waals surface area contributed by atoms with Crippen molar-refractivity contribution in [3.8, 4) is 0 Å². The van der Waals surface area contributed by atoms with E-state index in [9.17, 15) is 19.2 Å². The van der Waals surface area contributed by atoms with E-state index in [-0.39, 0.29) is 0 Å². The molecule has 9 heteroatoms. The minimum Gasteiger partial charge on any atom is -0.481 e. The van der Waals surface area contributed by atoms with E-state index in [2.05, 4.69) is 0 Å². The van der Waals surface area contributed by atoms with E-state index in [1.807, 2.05) is 0 Å². The zero-order valence-electron chi connectivity index (χ0n) is 8.40. The van der Waals surface area contributed by atoms with Gasteiger partial charge in [0.05, 0.1) is 12.8 Å². The van der Waals surface area contributed by atoms with Gasteiger partial charge in [0.2, 0.25) is 0 Å². The minimum absolute atomic E-state index is 0.302. The Balaban J connectivity index is 4.67. The summed E-state index contributed by atoms with van der Waals surface area (Å²) in [6.45, 7) is 0. The van der Waals surface area contributed by atoms with E-state index < -0.39 is 47.2 Å². The Hall–Kier alpha value is -1.77. The number of carboxylic acids is 4. The molecule has 0 aromatic rings. The van der Waals surface area contributed by atoms with E-state index in [4.69, 9.17) is 20.4 Å². The summed E-state index contributed by atoms with van der Waals surface area (Å²) in [6, 6.07) is 0. The first-order valence-electron chi connectivity index (χ1n) is 4.28. The number of hydrogen-bond donors (Lipinski definition) is 4. The quantitative estimate of drug-likeness (QED) is 0.459. The van der Waals surface area contributed by atoms with Crippen LogP contribution in [0.3, 0.4) is 0 Å². The van der Waals surface area contributed by atoms with E-state index >= 15 is 0 Å². The Morgan fingerprint density at radius 3 is 1.24 bits per heavy atom. The highest BCUT2D eigenvalue weighted by molar-refractivity contribution is 8.01. The lowest BCUT2D eigenvalue weighted by atomic mass is 10.3. The summed E-state index contributed by atoms with van der Waals surface area (Å²) in [5.41, 5.74) is 0. The second kappa shape index (κ2) is 6.74. The highest BCUT2D eigenvalue weighted by Gasteiger charge is 2.30. The van der Waals surface area contributed by atoms with Crippen LogP contribution >= 0.6 is 11.8 Å². The number of carboxylic acid groups (broad SMARTS) is 4. The maximum absolute atomic E-state index is 10.7. The highest BCUT2D eigenvalue weighted by Crippen LogP contribution is 2.24. The van der Waals surface area contributed by atoms with Crippen LogP contribution in [0.15, 0.2) is 0 Å². The smallest absolute Gasteiger partial charge is 0.317 e. The van der Waals surface area contributed by atoms with Crippen molar-refractivity contribution in [1.82, 2.24) is 0 Å². The summed E-state index contributed by atoms with van der Waals surface area (Å²) in [7, 11) is 0. The average molecular weight is 266 g/mol. The number of hydrogen-bond acceptors (Lipinski definition) is 5. The van der Waals surface area contributed by atoms with E-state index in [0.717, 1.165) is 0 Å². The van der Waals surface area contributed by atoms with Gasteiger partial charge in [0.1, 0.15) is 10.5 Å². The van der Waals surface area contributed by atoms with Gasteiger partial charge in [-0.05, 0) is 0 Å². The van der Waals surface area contributed by atoms with Gasteiger partial charge in [-0.3, -0.25) is 19.2 Å². The lowest BCUT2D eigenvalue weighted by Gasteiger charge is -2.14. The molecule has 0 amide bonds. The standard InChI is InChI=1S/C8H10O8S/c9-5(10)1-3(7(13)14)17-4(8(15)16)2-6(11)12/h3-4H,1-2H2,(H,9,10)(H,11,12)(H,13,14)(H,15,16)/t3-,4-/m0/s1. The number of thioether (sulfide) groups is 1. The van der Waals surface area contributed by atoms with Crippen molar-refractivity contribution in [3.63, 3.8) is 0 Å². The van der Waals surface area contributed by atoms with Gasteiger partial charge in [-0.2, -0.15) is 0 Å². The number of aliphatic carboxylic acids is 4. The molecule has 0 radical (unpaired) electrons. The third-order valence-corrected chi connectivity index (χ3v) is 2.99. The Morgan fingerprint density at radius 1 is 0.765 bits per heavy atom. The van der Waals surface area contributed by atoms with Crippen LogP contribution in [0.2, 0.25) is 0 Å². The van der Waals surface area contributed by atoms with Crippen molar-refractivity contribution in [1.29, 1.82) is 0 Å². The molecule has 0 aliphatic carbocycles. The molecule has 0 fully saturated rings. The molecule has 0 unspecified atom stereocenters. The van der Waals surface area contributed by atoms with Crippen LogP contribution in [0, 0.1) is 0 Å². The molecule has 0 heterocycles. The van der Waals surface area contributed by atoms with Gasteiger partial charge < -0.3 is 20.4 Å². The summed E-state index contributed by atoms with van der Waals surface area (Å²) in [5.74, 6) is -5.78. The van der Waals surface area contributed by atoms with Crippen molar-refractivity contribution in [2.24, 2.45) is 0 Å². The van der Waals surface area contributed by atoms with Crippen LogP contribution in [0.1, 0.15) is 12.8 Å². The normalized spacial score (nSPS) is 13.6. The third-order valence-electron chi connectivity index (χ3n) is 1.60. The molecule has 0 aliphatic heterocycles. The fraction of sp³-hybridized carbons (Fsp3) is 0.500. The summed E-state index contributed by atoms with van der Waals surface area (Å²) in [6.07, 6.45) is -1.55. The fourth-order valence-corrected chi connectivity index (χ4v) is 2.01. The molecule has 0 aromatic heterocycles. The summed E-state index contributed by atoms with van der Waals surface area (Å²) in [5, 5.41) is 31.2. The Labute approximate surface area is 99.2 Å². The SMILES string of the molecule is O=C(O)C[C@H](S[C@@H](CC(=O)O)C(=O)O)C(=O)O. The van der Waals surface area contributed by atoms with Gasteiger partial charge >= 0.3 is 23.9 Å². The fourth-order valence-electron chi connectivity index (χ4n) is 0.903. The highest BCUT2D eigenvalue weighted by atomic mass is 32.2. The van der Waals surface area contributed by atoms with Crippen LogP contribution in [0.25, 0.3) is 0 Å². The lowest BCUT2D eigenvalue weighted by molar-refractivity contribution is -0.143. The Bertz CT molecular complexity index is 306. The predicted octanol–water partition coefficient (Wildman–Crippen LogP) is -0.425. The average Bonchev–Trinajstić information content (AvgIpc) is 2.13. The molecule has 0 aliphatic rings. The minimum atomic E-state index is -1.49. The number of carbonyl (C=O) groups is 4. The topological polar surface area (TPSA) is 149 Å². The van der Waals surface area contributed by atoms with Gasteiger partial charge in [0, 0.05) is 0 Å². The van der Waals surface area contributed by atoms with E-state index in [0.29, 0.717) is 11.8 Å².